The summed E-state index contributed by atoms with van der Waals surface area (Å²) in [5, 5.41) is 4.42. The zero-order valence-electron chi connectivity index (χ0n) is 9.38. The molecular weight excluding hydrogens is 192 g/mol. The number of thiocarbonyl (C=S) groups is 1. The summed E-state index contributed by atoms with van der Waals surface area (Å²) in [6.45, 7) is 6.32. The first-order valence-electron chi connectivity index (χ1n) is 5.83. The van der Waals surface area contributed by atoms with Gasteiger partial charge in [-0.05, 0) is 38.9 Å². The number of nitrogens with zero attached hydrogens (tertiary/aromatic N) is 1. The van der Waals surface area contributed by atoms with E-state index in [1.807, 2.05) is 0 Å². The molecule has 0 aromatic heterocycles. The van der Waals surface area contributed by atoms with E-state index < -0.39 is 0 Å². The number of nitrogens with one attached hydrogen (secondary N) is 1. The van der Waals surface area contributed by atoms with Crippen molar-refractivity contribution in [2.24, 2.45) is 0 Å². The van der Waals surface area contributed by atoms with Crippen LogP contribution in [0.1, 0.15) is 46.0 Å². The standard InChI is InChI=1S/C11H22N2S/c1-3-13(4-2)11(14)12-10-8-6-5-7-9-10/h10H,3-9H2,1-2H3,(H,12,14). The SMILES string of the molecule is CCN(CC)C(=S)NC1CCCCC1. The van der Waals surface area contributed by atoms with Crippen molar-refractivity contribution in [3.63, 3.8) is 0 Å². The van der Waals surface area contributed by atoms with Crippen LogP contribution in [0.4, 0.5) is 0 Å². The van der Waals surface area contributed by atoms with Crippen LogP contribution in [-0.4, -0.2) is 29.1 Å². The lowest BCUT2D eigenvalue weighted by Gasteiger charge is -2.29. The van der Waals surface area contributed by atoms with Gasteiger partial charge in [0.25, 0.3) is 0 Å². The fourth-order valence-corrected chi connectivity index (χ4v) is 2.45. The maximum atomic E-state index is 5.37. The van der Waals surface area contributed by atoms with Crippen molar-refractivity contribution in [2.75, 3.05) is 13.1 Å². The highest BCUT2D eigenvalue weighted by molar-refractivity contribution is 7.80. The molecule has 3 heteroatoms. The third kappa shape index (κ3) is 3.45. The van der Waals surface area contributed by atoms with E-state index in [-0.39, 0.29) is 0 Å². The zero-order valence-corrected chi connectivity index (χ0v) is 10.2. The summed E-state index contributed by atoms with van der Waals surface area (Å²) in [5.41, 5.74) is 0. The number of hydrogen-bond donors (Lipinski definition) is 1. The molecule has 1 aliphatic carbocycles. The van der Waals surface area contributed by atoms with Crippen LogP contribution in [0.5, 0.6) is 0 Å². The highest BCUT2D eigenvalue weighted by Crippen LogP contribution is 2.17. The third-order valence-electron chi connectivity index (χ3n) is 2.98. The Balaban J connectivity index is 2.30. The molecule has 0 aliphatic heterocycles. The third-order valence-corrected chi connectivity index (χ3v) is 3.36. The van der Waals surface area contributed by atoms with E-state index in [2.05, 4.69) is 24.1 Å². The van der Waals surface area contributed by atoms with Gasteiger partial charge in [-0.2, -0.15) is 0 Å². The topological polar surface area (TPSA) is 15.3 Å². The highest BCUT2D eigenvalue weighted by Gasteiger charge is 2.15. The summed E-state index contributed by atoms with van der Waals surface area (Å²) in [6.07, 6.45) is 6.70. The lowest BCUT2D eigenvalue weighted by atomic mass is 9.96. The number of hydrogen-bond acceptors (Lipinski definition) is 1. The second-order valence-electron chi connectivity index (χ2n) is 3.96. The van der Waals surface area contributed by atoms with E-state index in [4.69, 9.17) is 12.2 Å². The minimum absolute atomic E-state index is 0.636. The lowest BCUT2D eigenvalue weighted by Crippen LogP contribution is -2.45. The van der Waals surface area contributed by atoms with Gasteiger partial charge in [-0.25, -0.2) is 0 Å². The maximum absolute atomic E-state index is 5.37. The molecule has 0 aromatic carbocycles. The van der Waals surface area contributed by atoms with Crippen molar-refractivity contribution in [1.82, 2.24) is 10.2 Å². The summed E-state index contributed by atoms with van der Waals surface area (Å²) in [5.74, 6) is 0. The van der Waals surface area contributed by atoms with Crippen LogP contribution >= 0.6 is 12.2 Å². The van der Waals surface area contributed by atoms with E-state index in [0.717, 1.165) is 18.2 Å². The van der Waals surface area contributed by atoms with Crippen LogP contribution in [0.15, 0.2) is 0 Å². The fraction of sp³-hybridized carbons (Fsp3) is 0.909. The Kier molecular flexibility index (Phi) is 5.23. The molecule has 1 saturated carbocycles. The molecule has 0 radical (unpaired) electrons. The minimum atomic E-state index is 0.636. The largest absolute Gasteiger partial charge is 0.360 e. The van der Waals surface area contributed by atoms with Gasteiger partial charge in [-0.1, -0.05) is 19.3 Å². The van der Waals surface area contributed by atoms with Gasteiger partial charge in [0, 0.05) is 19.1 Å². The summed E-state index contributed by atoms with van der Waals surface area (Å²) in [4.78, 5) is 2.21. The van der Waals surface area contributed by atoms with Gasteiger partial charge < -0.3 is 10.2 Å². The molecule has 1 N–H and O–H groups in total. The van der Waals surface area contributed by atoms with Crippen LogP contribution in [0.25, 0.3) is 0 Å². The van der Waals surface area contributed by atoms with Crippen LogP contribution in [0.2, 0.25) is 0 Å². The van der Waals surface area contributed by atoms with Crippen LogP contribution in [0.3, 0.4) is 0 Å². The Morgan fingerprint density at radius 1 is 1.21 bits per heavy atom. The van der Waals surface area contributed by atoms with Crippen molar-refractivity contribution in [1.29, 1.82) is 0 Å². The molecule has 1 rings (SSSR count). The average Bonchev–Trinajstić information content (AvgIpc) is 2.21. The smallest absolute Gasteiger partial charge is 0.169 e. The van der Waals surface area contributed by atoms with Crippen molar-refractivity contribution >= 4 is 17.3 Å². The molecule has 0 aromatic rings. The average molecular weight is 214 g/mol. The summed E-state index contributed by atoms with van der Waals surface area (Å²) < 4.78 is 0. The van der Waals surface area contributed by atoms with Gasteiger partial charge in [0.2, 0.25) is 0 Å². The Morgan fingerprint density at radius 3 is 2.29 bits per heavy atom. The predicted molar refractivity (Wildman–Crippen MR) is 65.5 cm³/mol. The molecule has 0 atom stereocenters. The Morgan fingerprint density at radius 2 is 1.79 bits per heavy atom. The van der Waals surface area contributed by atoms with Gasteiger partial charge in [0.1, 0.15) is 0 Å². The van der Waals surface area contributed by atoms with Gasteiger partial charge in [0.05, 0.1) is 0 Å². The van der Waals surface area contributed by atoms with E-state index in [0.29, 0.717) is 6.04 Å². The Bertz CT molecular complexity index is 172. The van der Waals surface area contributed by atoms with Crippen LogP contribution < -0.4 is 5.32 Å². The maximum Gasteiger partial charge on any atom is 0.169 e. The summed E-state index contributed by atoms with van der Waals surface area (Å²) in [6, 6.07) is 0.636. The van der Waals surface area contributed by atoms with E-state index >= 15 is 0 Å². The second-order valence-corrected chi connectivity index (χ2v) is 4.34. The molecule has 0 saturated heterocycles. The summed E-state index contributed by atoms with van der Waals surface area (Å²) in [7, 11) is 0. The lowest BCUT2D eigenvalue weighted by molar-refractivity contribution is 0.386. The van der Waals surface area contributed by atoms with Crippen molar-refractivity contribution in [3.05, 3.63) is 0 Å². The molecule has 0 bridgehead atoms. The zero-order chi connectivity index (χ0) is 10.4. The molecule has 0 unspecified atom stereocenters. The molecule has 1 aliphatic rings. The van der Waals surface area contributed by atoms with Gasteiger partial charge >= 0.3 is 0 Å². The molecule has 1 fully saturated rings. The Labute approximate surface area is 93.1 Å². The van der Waals surface area contributed by atoms with Crippen molar-refractivity contribution in [2.45, 2.75) is 52.0 Å². The van der Waals surface area contributed by atoms with E-state index in [1.54, 1.807) is 0 Å². The fourth-order valence-electron chi connectivity index (χ4n) is 2.02. The first-order valence-corrected chi connectivity index (χ1v) is 6.24. The first-order chi connectivity index (χ1) is 6.77. The molecule has 2 nitrogen and oxygen atoms in total. The second kappa shape index (κ2) is 6.23. The van der Waals surface area contributed by atoms with E-state index in [1.165, 1.54) is 32.1 Å². The van der Waals surface area contributed by atoms with Gasteiger partial charge in [0.15, 0.2) is 5.11 Å². The minimum Gasteiger partial charge on any atom is -0.360 e. The van der Waals surface area contributed by atoms with Gasteiger partial charge in [-0.3, -0.25) is 0 Å². The number of rotatable bonds is 3. The molecule has 0 heterocycles. The highest BCUT2D eigenvalue weighted by atomic mass is 32.1. The predicted octanol–water partition coefficient (Wildman–Crippen LogP) is 2.54. The van der Waals surface area contributed by atoms with E-state index in [9.17, 15) is 0 Å². The monoisotopic (exact) mass is 214 g/mol. The molecule has 14 heavy (non-hydrogen) atoms. The normalized spacial score (nSPS) is 17.9. The van der Waals surface area contributed by atoms with Crippen molar-refractivity contribution < 1.29 is 0 Å². The summed E-state index contributed by atoms with van der Waals surface area (Å²) >= 11 is 5.37. The molecule has 82 valence electrons. The molecule has 0 spiro atoms. The Hall–Kier alpha value is -0.310. The van der Waals surface area contributed by atoms with Crippen molar-refractivity contribution in [3.8, 4) is 0 Å². The van der Waals surface area contributed by atoms with Crippen LogP contribution in [-0.2, 0) is 0 Å². The first kappa shape index (κ1) is 11.8. The van der Waals surface area contributed by atoms with Gasteiger partial charge in [-0.15, -0.1) is 0 Å². The molecule has 0 amide bonds. The van der Waals surface area contributed by atoms with Crippen LogP contribution in [0, 0.1) is 0 Å². The molecular formula is C11H22N2S. The quantitative estimate of drug-likeness (QED) is 0.727.